The molecule has 6 heteroatoms. The highest BCUT2D eigenvalue weighted by Gasteiger charge is 2.20. The van der Waals surface area contributed by atoms with Crippen LogP contribution in [0.4, 0.5) is 4.79 Å². The van der Waals surface area contributed by atoms with Crippen molar-refractivity contribution in [2.45, 2.75) is 0 Å². The molecule has 0 spiro atoms. The molecule has 0 saturated heterocycles. The Balaban J connectivity index is 2.51. The average Bonchev–Trinajstić information content (AvgIpc) is 2.28. The number of carbonyl (C=O) groups excluding carboxylic acids is 2. The summed E-state index contributed by atoms with van der Waals surface area (Å²) < 4.78 is 0. The van der Waals surface area contributed by atoms with E-state index in [0.717, 1.165) is 0 Å². The molecule has 0 unspecified atom stereocenters. The van der Waals surface area contributed by atoms with E-state index in [1.54, 1.807) is 12.1 Å². The number of benzene rings is 1. The number of amides is 2. The van der Waals surface area contributed by atoms with Crippen LogP contribution in [-0.2, 0) is 0 Å². The smallest absolute Gasteiger partial charge is 0.332 e. The van der Waals surface area contributed by atoms with Gasteiger partial charge in [-0.2, -0.15) is 5.10 Å². The van der Waals surface area contributed by atoms with E-state index >= 15 is 0 Å². The van der Waals surface area contributed by atoms with Crippen LogP contribution in [-0.4, -0.2) is 22.6 Å². The Morgan fingerprint density at radius 3 is 2.82 bits per heavy atom. The molecule has 0 aliphatic heterocycles. The zero-order valence-electron chi connectivity index (χ0n) is 8.68. The van der Waals surface area contributed by atoms with Crippen molar-refractivity contribution in [3.8, 4) is 5.75 Å². The topological polar surface area (TPSA) is 105 Å². The molecule has 0 heterocycles. The molecule has 1 aromatic carbocycles. The summed E-state index contributed by atoms with van der Waals surface area (Å²) in [5, 5.41) is 13.3. The van der Waals surface area contributed by atoms with E-state index in [-0.39, 0.29) is 17.1 Å². The van der Waals surface area contributed by atoms with Crippen LogP contribution in [0.25, 0.3) is 0 Å². The van der Waals surface area contributed by atoms with Gasteiger partial charge in [0.25, 0.3) is 0 Å². The maximum atomic E-state index is 11.6. The van der Waals surface area contributed by atoms with E-state index in [1.807, 2.05) is 0 Å². The highest BCUT2D eigenvalue weighted by molar-refractivity contribution is 6.24. The molecule has 2 rings (SSSR count). The molecule has 2 amide bonds. The van der Waals surface area contributed by atoms with Crippen LogP contribution >= 0.6 is 0 Å². The number of aromatic hydroxyl groups is 1. The fourth-order valence-corrected chi connectivity index (χ4v) is 1.55. The number of phenolic OH excluding ortho intramolecular Hbond substituents is 1. The van der Waals surface area contributed by atoms with Crippen molar-refractivity contribution < 1.29 is 14.7 Å². The summed E-state index contributed by atoms with van der Waals surface area (Å²) in [5.41, 5.74) is 7.94. The summed E-state index contributed by atoms with van der Waals surface area (Å²) in [6.45, 7) is 0. The van der Waals surface area contributed by atoms with Gasteiger partial charge in [-0.05, 0) is 18.2 Å². The number of allylic oxidation sites excluding steroid dienone is 2. The number of nitrogens with one attached hydrogen (secondary N) is 1. The van der Waals surface area contributed by atoms with Crippen LogP contribution < -0.4 is 11.2 Å². The van der Waals surface area contributed by atoms with Crippen LogP contribution in [0.5, 0.6) is 5.75 Å². The van der Waals surface area contributed by atoms with E-state index in [1.165, 1.54) is 18.2 Å². The van der Waals surface area contributed by atoms with E-state index in [0.29, 0.717) is 11.3 Å². The number of nitrogens with zero attached hydrogens (tertiary/aromatic N) is 1. The monoisotopic (exact) mass is 231 g/mol. The largest absolute Gasteiger partial charge is 0.507 e. The number of hydrogen-bond donors (Lipinski definition) is 3. The number of nitrogens with two attached hydrogens (primary N) is 1. The Bertz CT molecular complexity index is 561. The van der Waals surface area contributed by atoms with Crippen molar-refractivity contribution in [2.75, 3.05) is 0 Å². The third kappa shape index (κ3) is 2.00. The van der Waals surface area contributed by atoms with Gasteiger partial charge in [0.1, 0.15) is 5.75 Å². The number of fused-ring (bicyclic) bond motifs is 1. The summed E-state index contributed by atoms with van der Waals surface area (Å²) in [7, 11) is 0. The molecule has 1 aromatic rings. The number of ketones is 1. The number of rotatable bonds is 1. The number of phenols is 1. The Morgan fingerprint density at radius 2 is 2.12 bits per heavy atom. The molecule has 86 valence electrons. The molecule has 1 aliphatic rings. The van der Waals surface area contributed by atoms with E-state index < -0.39 is 6.03 Å². The molecular weight excluding hydrogens is 222 g/mol. The first-order chi connectivity index (χ1) is 8.09. The van der Waals surface area contributed by atoms with Gasteiger partial charge in [0.15, 0.2) is 5.78 Å². The molecule has 1 aliphatic carbocycles. The summed E-state index contributed by atoms with van der Waals surface area (Å²) >= 11 is 0. The van der Waals surface area contributed by atoms with Gasteiger partial charge in [0.05, 0.1) is 11.3 Å². The predicted molar refractivity (Wildman–Crippen MR) is 60.8 cm³/mol. The minimum Gasteiger partial charge on any atom is -0.507 e. The Morgan fingerprint density at radius 1 is 1.35 bits per heavy atom. The normalized spacial score (nSPS) is 15.8. The van der Waals surface area contributed by atoms with E-state index in [9.17, 15) is 14.7 Å². The Hall–Kier alpha value is -2.63. The number of hydrazone groups is 1. The van der Waals surface area contributed by atoms with Gasteiger partial charge in [0.2, 0.25) is 0 Å². The molecule has 4 N–H and O–H groups in total. The van der Waals surface area contributed by atoms with Gasteiger partial charge < -0.3 is 10.8 Å². The molecule has 0 radical (unpaired) electrons. The third-order valence-corrected chi connectivity index (χ3v) is 2.24. The second-order valence-corrected chi connectivity index (χ2v) is 3.37. The third-order valence-electron chi connectivity index (χ3n) is 2.24. The van der Waals surface area contributed by atoms with Crippen molar-refractivity contribution >= 4 is 17.5 Å². The summed E-state index contributed by atoms with van der Waals surface area (Å²) in [5.74, 6) is -0.431. The molecule has 0 saturated carbocycles. The standard InChI is InChI=1S/C11H9N3O3/c12-11(17)14-13-7-4-5-9(16)10-6(7)2-1-3-8(10)15/h1-5,15H,(H3,12,14,17)/b13-7+. The van der Waals surface area contributed by atoms with Gasteiger partial charge in [-0.1, -0.05) is 12.1 Å². The van der Waals surface area contributed by atoms with E-state index in [2.05, 4.69) is 10.5 Å². The summed E-state index contributed by atoms with van der Waals surface area (Å²) in [4.78, 5) is 22.1. The fraction of sp³-hybridized carbons (Fsp3) is 0. The first kappa shape index (κ1) is 10.9. The maximum absolute atomic E-state index is 11.6. The van der Waals surface area contributed by atoms with Crippen LogP contribution in [0.3, 0.4) is 0 Å². The molecule has 0 fully saturated rings. The number of urea groups is 1. The van der Waals surface area contributed by atoms with Crippen molar-refractivity contribution in [1.82, 2.24) is 5.43 Å². The highest BCUT2D eigenvalue weighted by atomic mass is 16.3. The lowest BCUT2D eigenvalue weighted by Gasteiger charge is -2.12. The van der Waals surface area contributed by atoms with Crippen molar-refractivity contribution in [2.24, 2.45) is 10.8 Å². The zero-order valence-corrected chi connectivity index (χ0v) is 8.68. The van der Waals surface area contributed by atoms with Gasteiger partial charge in [-0.25, -0.2) is 10.2 Å². The number of carbonyl (C=O) groups is 2. The lowest BCUT2D eigenvalue weighted by molar-refractivity contribution is 0.104. The molecule has 0 bridgehead atoms. The second kappa shape index (κ2) is 4.09. The van der Waals surface area contributed by atoms with Crippen molar-refractivity contribution in [1.29, 1.82) is 0 Å². The van der Waals surface area contributed by atoms with Crippen LogP contribution in [0, 0.1) is 0 Å². The van der Waals surface area contributed by atoms with Crippen molar-refractivity contribution in [3.05, 3.63) is 41.5 Å². The fourth-order valence-electron chi connectivity index (χ4n) is 1.55. The zero-order chi connectivity index (χ0) is 12.4. The van der Waals surface area contributed by atoms with Crippen LogP contribution in [0.15, 0.2) is 35.5 Å². The van der Waals surface area contributed by atoms with Gasteiger partial charge in [-0.15, -0.1) is 0 Å². The molecule has 6 nitrogen and oxygen atoms in total. The molecular formula is C11H9N3O3. The van der Waals surface area contributed by atoms with Gasteiger partial charge in [0, 0.05) is 5.56 Å². The maximum Gasteiger partial charge on any atom is 0.332 e. The number of primary amides is 1. The highest BCUT2D eigenvalue weighted by Crippen LogP contribution is 2.25. The molecule has 17 heavy (non-hydrogen) atoms. The molecule has 0 atom stereocenters. The van der Waals surface area contributed by atoms with Crippen LogP contribution in [0.1, 0.15) is 15.9 Å². The van der Waals surface area contributed by atoms with Crippen molar-refractivity contribution in [3.63, 3.8) is 0 Å². The van der Waals surface area contributed by atoms with Crippen LogP contribution in [0.2, 0.25) is 0 Å². The van der Waals surface area contributed by atoms with E-state index in [4.69, 9.17) is 5.73 Å². The SMILES string of the molecule is NC(=O)N/N=C1\C=CC(=O)c2c(O)cccc21. The summed E-state index contributed by atoms with van der Waals surface area (Å²) in [6.07, 6.45) is 2.71. The average molecular weight is 231 g/mol. The van der Waals surface area contributed by atoms with Gasteiger partial charge >= 0.3 is 6.03 Å². The first-order valence-electron chi connectivity index (χ1n) is 4.77. The minimum atomic E-state index is -0.801. The van der Waals surface area contributed by atoms with Gasteiger partial charge in [-0.3, -0.25) is 4.79 Å². The number of hydrogen-bond acceptors (Lipinski definition) is 4. The first-order valence-corrected chi connectivity index (χ1v) is 4.77. The lowest BCUT2D eigenvalue weighted by atomic mass is 9.93. The Kier molecular flexibility index (Phi) is 2.61. The quantitative estimate of drug-likeness (QED) is 0.613. The lowest BCUT2D eigenvalue weighted by Crippen LogP contribution is -2.26. The predicted octanol–water partition coefficient (Wildman–Crippen LogP) is 0.517. The second-order valence-electron chi connectivity index (χ2n) is 3.37. The Labute approximate surface area is 96.4 Å². The minimum absolute atomic E-state index is 0.122. The summed E-state index contributed by atoms with van der Waals surface area (Å²) in [6, 6.07) is 3.82. The molecule has 0 aromatic heterocycles.